The van der Waals surface area contributed by atoms with Crippen LogP contribution in [-0.2, 0) is 14.9 Å². The summed E-state index contributed by atoms with van der Waals surface area (Å²) in [6.07, 6.45) is 4.40. The number of rotatable bonds is 9. The third kappa shape index (κ3) is 11.4. The average molecular weight is 324 g/mol. The van der Waals surface area contributed by atoms with Gasteiger partial charge in [-0.05, 0) is 19.9 Å². The van der Waals surface area contributed by atoms with Crippen LogP contribution in [0.4, 0.5) is 0 Å². The van der Waals surface area contributed by atoms with Crippen molar-refractivity contribution in [3.8, 4) is 0 Å². The van der Waals surface area contributed by atoms with Gasteiger partial charge in [-0.25, -0.2) is 0 Å². The van der Waals surface area contributed by atoms with Crippen LogP contribution >= 0.6 is 0 Å². The van der Waals surface area contributed by atoms with Crippen LogP contribution in [0.25, 0.3) is 0 Å². The van der Waals surface area contributed by atoms with E-state index < -0.39 is 15.4 Å². The van der Waals surface area contributed by atoms with Crippen LogP contribution in [-0.4, -0.2) is 67.8 Å². The standard InChI is InChI=1S/C13H26N2O4S.H2O/c1-5-7-13(16)14-9-6-10-15(3,4)11-8-12(2)20(17,18)19;/h5,7,12H,6,8-11H2,1-4H3,(H-,14,16,17,18,19);1H2. The van der Waals surface area contributed by atoms with Crippen LogP contribution in [0.1, 0.15) is 26.7 Å². The molecule has 0 aliphatic heterocycles. The molecule has 0 aromatic rings. The first-order valence-corrected chi connectivity index (χ1v) is 8.27. The van der Waals surface area contributed by atoms with E-state index in [1.165, 1.54) is 13.0 Å². The summed E-state index contributed by atoms with van der Waals surface area (Å²) in [7, 11) is 0.0663. The molecule has 0 fully saturated rings. The molecule has 0 radical (unpaired) electrons. The fourth-order valence-electron chi connectivity index (χ4n) is 1.72. The number of carbonyl (C=O) groups is 1. The number of hydrogen-bond donors (Lipinski definition) is 2. The fraction of sp³-hybridized carbons (Fsp3) is 0.769. The maximum absolute atomic E-state index is 11.2. The van der Waals surface area contributed by atoms with Gasteiger partial charge in [0.2, 0.25) is 5.91 Å². The highest BCUT2D eigenvalue weighted by atomic mass is 32.2. The minimum atomic E-state index is -3.94. The van der Waals surface area contributed by atoms with Gasteiger partial charge in [0.25, 0.3) is 10.1 Å². The number of hydrogen-bond acceptors (Lipinski definition) is 4. The Labute approximate surface area is 127 Å². The molecule has 0 spiro atoms. The lowest BCUT2D eigenvalue weighted by Crippen LogP contribution is -2.43. The summed E-state index contributed by atoms with van der Waals surface area (Å²) >= 11 is 0. The molecule has 0 aromatic carbocycles. The molecule has 7 nitrogen and oxygen atoms in total. The Morgan fingerprint density at radius 3 is 2.38 bits per heavy atom. The maximum atomic E-state index is 11.2. The number of nitrogens with one attached hydrogen (secondary N) is 1. The van der Waals surface area contributed by atoms with Gasteiger partial charge in [-0.15, -0.1) is 0 Å². The predicted molar refractivity (Wildman–Crippen MR) is 81.8 cm³/mol. The van der Waals surface area contributed by atoms with Crippen molar-refractivity contribution < 1.29 is 27.7 Å². The van der Waals surface area contributed by atoms with Gasteiger partial charge < -0.3 is 15.3 Å². The Bertz CT molecular complexity index is 432. The second-order valence-corrected chi connectivity index (χ2v) is 7.48. The van der Waals surface area contributed by atoms with Crippen LogP contribution < -0.4 is 5.32 Å². The molecule has 1 amide bonds. The zero-order valence-electron chi connectivity index (χ0n) is 13.2. The molecule has 0 heterocycles. The largest absolute Gasteiger partial charge is 0.870 e. The van der Waals surface area contributed by atoms with Crippen molar-refractivity contribution in [2.45, 2.75) is 31.9 Å². The zero-order chi connectivity index (χ0) is 15.8. The van der Waals surface area contributed by atoms with Gasteiger partial charge in [0.05, 0.1) is 32.4 Å². The lowest BCUT2D eigenvalue weighted by Gasteiger charge is -2.30. The Balaban J connectivity index is 0. The smallest absolute Gasteiger partial charge is 0.267 e. The van der Waals surface area contributed by atoms with Crippen molar-refractivity contribution in [3.63, 3.8) is 0 Å². The number of amides is 1. The van der Waals surface area contributed by atoms with Crippen LogP contribution in [0.15, 0.2) is 12.2 Å². The van der Waals surface area contributed by atoms with Gasteiger partial charge >= 0.3 is 0 Å². The number of carbonyl (C=O) groups excluding carboxylic acids is 1. The fourth-order valence-corrected chi connectivity index (χ4v) is 2.12. The molecule has 21 heavy (non-hydrogen) atoms. The lowest BCUT2D eigenvalue weighted by molar-refractivity contribution is -0.890. The SMILES string of the molecule is CC=CC(=O)NCCC[N+](C)(C)CCC(C)S(=O)(=O)O.[OH-]. The van der Waals surface area contributed by atoms with Gasteiger partial charge in [-0.3, -0.25) is 9.35 Å². The van der Waals surface area contributed by atoms with Crippen LogP contribution in [0.5, 0.6) is 0 Å². The van der Waals surface area contributed by atoms with E-state index in [4.69, 9.17) is 4.55 Å². The number of allylic oxidation sites excluding steroid dienone is 1. The van der Waals surface area contributed by atoms with E-state index in [9.17, 15) is 13.2 Å². The highest BCUT2D eigenvalue weighted by molar-refractivity contribution is 7.86. The van der Waals surface area contributed by atoms with E-state index in [1.54, 1.807) is 13.0 Å². The van der Waals surface area contributed by atoms with Gasteiger partial charge in [0, 0.05) is 19.4 Å². The van der Waals surface area contributed by atoms with Crippen molar-refractivity contribution >= 4 is 16.0 Å². The molecule has 3 N–H and O–H groups in total. The zero-order valence-corrected chi connectivity index (χ0v) is 14.1. The van der Waals surface area contributed by atoms with Crippen molar-refractivity contribution in [3.05, 3.63) is 12.2 Å². The van der Waals surface area contributed by atoms with E-state index in [1.807, 2.05) is 14.1 Å². The molecule has 0 saturated heterocycles. The Morgan fingerprint density at radius 1 is 1.33 bits per heavy atom. The maximum Gasteiger partial charge on any atom is 0.267 e. The summed E-state index contributed by atoms with van der Waals surface area (Å²) in [5.41, 5.74) is 0. The summed E-state index contributed by atoms with van der Waals surface area (Å²) < 4.78 is 31.5. The first-order chi connectivity index (χ1) is 9.08. The Kier molecular flexibility index (Phi) is 10.5. The molecule has 1 atom stereocenters. The molecule has 1 unspecified atom stereocenters. The van der Waals surface area contributed by atoms with E-state index in [0.717, 1.165) is 13.0 Å². The number of quaternary nitrogens is 1. The van der Waals surface area contributed by atoms with Crippen LogP contribution in [0, 0.1) is 0 Å². The summed E-state index contributed by atoms with van der Waals surface area (Å²) in [4.78, 5) is 11.2. The summed E-state index contributed by atoms with van der Waals surface area (Å²) in [6.45, 7) is 5.37. The molecule has 8 heteroatoms. The highest BCUT2D eigenvalue weighted by Gasteiger charge is 2.22. The second kappa shape index (κ2) is 9.88. The van der Waals surface area contributed by atoms with Gasteiger partial charge in [0.1, 0.15) is 0 Å². The summed E-state index contributed by atoms with van der Waals surface area (Å²) in [5.74, 6) is -0.0993. The Hall–Kier alpha value is -0.960. The predicted octanol–water partition coefficient (Wildman–Crippen LogP) is 0.635. The first kappa shape index (κ1) is 22.3. The third-order valence-corrected chi connectivity index (χ3v) is 4.46. The van der Waals surface area contributed by atoms with E-state index in [-0.39, 0.29) is 11.4 Å². The molecular formula is C13H28N2O5S. The molecule has 0 aliphatic carbocycles. The van der Waals surface area contributed by atoms with E-state index >= 15 is 0 Å². The average Bonchev–Trinajstić information content (AvgIpc) is 2.31. The minimum absolute atomic E-state index is 0. The van der Waals surface area contributed by atoms with Crippen molar-refractivity contribution in [2.24, 2.45) is 0 Å². The van der Waals surface area contributed by atoms with Crippen molar-refractivity contribution in [1.29, 1.82) is 0 Å². The quantitative estimate of drug-likeness (QED) is 0.279. The van der Waals surface area contributed by atoms with Gasteiger partial charge in [-0.1, -0.05) is 6.08 Å². The van der Waals surface area contributed by atoms with Crippen LogP contribution in [0.2, 0.25) is 0 Å². The lowest BCUT2D eigenvalue weighted by atomic mass is 10.2. The topological polar surface area (TPSA) is 113 Å². The molecule has 0 aromatic heterocycles. The van der Waals surface area contributed by atoms with Crippen LogP contribution in [0.3, 0.4) is 0 Å². The molecule has 126 valence electrons. The molecule has 0 saturated carbocycles. The summed E-state index contributed by atoms with van der Waals surface area (Å²) in [5, 5.41) is 2.03. The molecule has 0 aliphatic rings. The van der Waals surface area contributed by atoms with Gasteiger partial charge in [0.15, 0.2) is 0 Å². The van der Waals surface area contributed by atoms with Gasteiger partial charge in [-0.2, -0.15) is 8.42 Å². The van der Waals surface area contributed by atoms with E-state index in [2.05, 4.69) is 5.32 Å². The number of nitrogens with zero attached hydrogens (tertiary/aromatic N) is 1. The molecule has 0 bridgehead atoms. The van der Waals surface area contributed by atoms with E-state index in [0.29, 0.717) is 24.0 Å². The highest BCUT2D eigenvalue weighted by Crippen LogP contribution is 2.08. The Morgan fingerprint density at radius 2 is 1.90 bits per heavy atom. The summed E-state index contributed by atoms with van der Waals surface area (Å²) in [6, 6.07) is 0. The molecular weight excluding hydrogens is 296 g/mol. The third-order valence-electron chi connectivity index (χ3n) is 3.21. The minimum Gasteiger partial charge on any atom is -0.870 e. The molecule has 0 rings (SSSR count). The van der Waals surface area contributed by atoms with Crippen molar-refractivity contribution in [2.75, 3.05) is 33.7 Å². The first-order valence-electron chi connectivity index (χ1n) is 6.77. The van der Waals surface area contributed by atoms with Crippen molar-refractivity contribution in [1.82, 2.24) is 5.32 Å². The normalized spacial score (nSPS) is 13.8. The monoisotopic (exact) mass is 324 g/mol. The second-order valence-electron chi connectivity index (χ2n) is 5.64.